The Morgan fingerprint density at radius 1 is 0.808 bits per heavy atom. The van der Waals surface area contributed by atoms with Gasteiger partial charge in [-0.15, -0.1) is 0 Å². The minimum atomic E-state index is -0.681. The lowest BCUT2D eigenvalue weighted by Crippen LogP contribution is -2.18. The van der Waals surface area contributed by atoms with Crippen molar-refractivity contribution in [2.24, 2.45) is 0 Å². The lowest BCUT2D eigenvalue weighted by molar-refractivity contribution is 0.0646. The molecule has 3 heteroatoms. The van der Waals surface area contributed by atoms with Gasteiger partial charge < -0.3 is 9.47 Å². The molecule has 3 aromatic rings. The van der Waals surface area contributed by atoms with Crippen molar-refractivity contribution in [1.82, 2.24) is 0 Å². The van der Waals surface area contributed by atoms with Crippen LogP contribution >= 0.6 is 0 Å². The van der Waals surface area contributed by atoms with E-state index in [4.69, 9.17) is 9.47 Å². The second-order valence-electron chi connectivity index (χ2n) is 6.10. The fourth-order valence-electron chi connectivity index (χ4n) is 2.69. The number of carbonyl (C=O) groups is 1. The largest absolute Gasteiger partial charge is 0.514 e. The number of para-hydroxylation sites is 1. The summed E-state index contributed by atoms with van der Waals surface area (Å²) in [6.07, 6.45) is -0.132. The van der Waals surface area contributed by atoms with E-state index < -0.39 is 6.16 Å². The summed E-state index contributed by atoms with van der Waals surface area (Å²) in [6.45, 7) is 3.81. The second-order valence-corrected chi connectivity index (χ2v) is 6.10. The normalized spacial score (nSPS) is 11.6. The average Bonchev–Trinajstić information content (AvgIpc) is 2.69. The summed E-state index contributed by atoms with van der Waals surface area (Å²) in [6, 6.07) is 25.6. The average molecular weight is 346 g/mol. The van der Waals surface area contributed by atoms with E-state index in [1.54, 1.807) is 0 Å². The van der Waals surface area contributed by atoms with Crippen molar-refractivity contribution in [1.29, 1.82) is 0 Å². The third kappa shape index (κ3) is 4.12. The molecule has 0 aliphatic rings. The first-order valence-electron chi connectivity index (χ1n) is 8.81. The van der Waals surface area contributed by atoms with Crippen molar-refractivity contribution < 1.29 is 14.3 Å². The summed E-state index contributed by atoms with van der Waals surface area (Å²) in [4.78, 5) is 12.3. The Labute approximate surface area is 154 Å². The standard InChI is InChI=1S/C23H22O3/c1-3-17(2)25-23(24)26-22-20(18-11-6-4-7-12-18)15-10-16-21(22)19-13-8-5-9-14-19/h4-17H,3H2,1-2H3. The van der Waals surface area contributed by atoms with Gasteiger partial charge in [0.25, 0.3) is 0 Å². The third-order valence-electron chi connectivity index (χ3n) is 4.24. The zero-order chi connectivity index (χ0) is 18.4. The zero-order valence-electron chi connectivity index (χ0n) is 15.0. The molecular formula is C23H22O3. The van der Waals surface area contributed by atoms with Gasteiger partial charge in [-0.2, -0.15) is 0 Å². The Morgan fingerprint density at radius 3 is 1.77 bits per heavy atom. The van der Waals surface area contributed by atoms with E-state index in [2.05, 4.69) is 0 Å². The van der Waals surface area contributed by atoms with Crippen molar-refractivity contribution in [3.63, 3.8) is 0 Å². The molecular weight excluding hydrogens is 324 g/mol. The summed E-state index contributed by atoms with van der Waals surface area (Å²) in [5.74, 6) is 0.512. The van der Waals surface area contributed by atoms with Gasteiger partial charge in [-0.25, -0.2) is 4.79 Å². The molecule has 3 aromatic carbocycles. The van der Waals surface area contributed by atoms with Crippen LogP contribution in [0.5, 0.6) is 5.75 Å². The van der Waals surface area contributed by atoms with Gasteiger partial charge in [0.2, 0.25) is 0 Å². The van der Waals surface area contributed by atoms with Gasteiger partial charge in [-0.05, 0) is 24.5 Å². The predicted molar refractivity (Wildman–Crippen MR) is 104 cm³/mol. The van der Waals surface area contributed by atoms with E-state index in [1.165, 1.54) is 0 Å². The lowest BCUT2D eigenvalue weighted by atomic mass is 9.97. The number of carbonyl (C=O) groups excluding carboxylic acids is 1. The number of benzene rings is 3. The first kappa shape index (κ1) is 17.7. The molecule has 0 radical (unpaired) electrons. The van der Waals surface area contributed by atoms with Crippen LogP contribution in [0.25, 0.3) is 22.3 Å². The number of hydrogen-bond donors (Lipinski definition) is 0. The van der Waals surface area contributed by atoms with Crippen LogP contribution in [0.2, 0.25) is 0 Å². The molecule has 3 nitrogen and oxygen atoms in total. The summed E-state index contributed by atoms with van der Waals surface area (Å²) in [7, 11) is 0. The Morgan fingerprint density at radius 2 is 1.31 bits per heavy atom. The monoisotopic (exact) mass is 346 g/mol. The summed E-state index contributed by atoms with van der Waals surface area (Å²) >= 11 is 0. The molecule has 0 aliphatic heterocycles. The van der Waals surface area contributed by atoms with Crippen LogP contribution in [-0.4, -0.2) is 12.3 Å². The van der Waals surface area contributed by atoms with Crippen molar-refractivity contribution >= 4 is 6.16 Å². The van der Waals surface area contributed by atoms with Crippen LogP contribution in [0.15, 0.2) is 78.9 Å². The van der Waals surface area contributed by atoms with Crippen molar-refractivity contribution in [3.8, 4) is 28.0 Å². The van der Waals surface area contributed by atoms with E-state index in [0.29, 0.717) is 5.75 Å². The van der Waals surface area contributed by atoms with Crippen LogP contribution in [-0.2, 0) is 4.74 Å². The molecule has 0 spiro atoms. The molecule has 26 heavy (non-hydrogen) atoms. The molecule has 0 heterocycles. The molecule has 0 amide bonds. The van der Waals surface area contributed by atoms with Crippen LogP contribution in [0, 0.1) is 0 Å². The molecule has 0 bridgehead atoms. The maximum atomic E-state index is 12.3. The van der Waals surface area contributed by atoms with Gasteiger partial charge in [0.05, 0.1) is 0 Å². The van der Waals surface area contributed by atoms with Crippen LogP contribution in [0.1, 0.15) is 20.3 Å². The molecule has 0 saturated heterocycles. The molecule has 0 saturated carbocycles. The minimum absolute atomic E-state index is 0.188. The summed E-state index contributed by atoms with van der Waals surface area (Å²) in [5, 5.41) is 0. The molecule has 0 aliphatic carbocycles. The number of ether oxygens (including phenoxy) is 2. The smallest absolute Gasteiger partial charge is 0.431 e. The van der Waals surface area contributed by atoms with Gasteiger partial charge in [-0.1, -0.05) is 85.8 Å². The fourth-order valence-corrected chi connectivity index (χ4v) is 2.69. The molecule has 0 N–H and O–H groups in total. The Kier molecular flexibility index (Phi) is 5.69. The van der Waals surface area contributed by atoms with Crippen molar-refractivity contribution in [2.45, 2.75) is 26.4 Å². The number of hydrogen-bond acceptors (Lipinski definition) is 3. The SMILES string of the molecule is CCC(C)OC(=O)Oc1c(-c2ccccc2)cccc1-c1ccccc1. The molecule has 0 fully saturated rings. The van der Waals surface area contributed by atoms with E-state index in [-0.39, 0.29) is 6.10 Å². The molecule has 1 atom stereocenters. The van der Waals surface area contributed by atoms with Crippen LogP contribution < -0.4 is 4.74 Å². The third-order valence-corrected chi connectivity index (χ3v) is 4.24. The molecule has 3 rings (SSSR count). The van der Waals surface area contributed by atoms with E-state index in [1.807, 2.05) is 92.7 Å². The van der Waals surface area contributed by atoms with Gasteiger partial charge in [0, 0.05) is 11.1 Å². The van der Waals surface area contributed by atoms with E-state index in [9.17, 15) is 4.79 Å². The fraction of sp³-hybridized carbons (Fsp3) is 0.174. The van der Waals surface area contributed by atoms with Crippen LogP contribution in [0.3, 0.4) is 0 Å². The van der Waals surface area contributed by atoms with Crippen molar-refractivity contribution in [2.75, 3.05) is 0 Å². The Balaban J connectivity index is 2.07. The molecule has 1 unspecified atom stereocenters. The first-order valence-corrected chi connectivity index (χ1v) is 8.81. The van der Waals surface area contributed by atoms with Crippen molar-refractivity contribution in [3.05, 3.63) is 78.9 Å². The summed E-state index contributed by atoms with van der Waals surface area (Å²) < 4.78 is 11.0. The topological polar surface area (TPSA) is 35.5 Å². The maximum absolute atomic E-state index is 12.3. The molecule has 0 aromatic heterocycles. The van der Waals surface area contributed by atoms with Crippen LogP contribution in [0.4, 0.5) is 4.79 Å². The minimum Gasteiger partial charge on any atom is -0.431 e. The highest BCUT2D eigenvalue weighted by Crippen LogP contribution is 2.39. The second kappa shape index (κ2) is 8.34. The Bertz CT molecular complexity index is 799. The first-order chi connectivity index (χ1) is 12.7. The highest BCUT2D eigenvalue weighted by molar-refractivity contribution is 5.85. The predicted octanol–water partition coefficient (Wildman–Crippen LogP) is 6.33. The van der Waals surface area contributed by atoms with Gasteiger partial charge in [0.1, 0.15) is 11.9 Å². The quantitative estimate of drug-likeness (QED) is 0.400. The van der Waals surface area contributed by atoms with Gasteiger partial charge >= 0.3 is 6.16 Å². The Hall–Kier alpha value is -3.07. The lowest BCUT2D eigenvalue weighted by Gasteiger charge is -2.17. The number of rotatable bonds is 5. The van der Waals surface area contributed by atoms with Gasteiger partial charge in [0.15, 0.2) is 0 Å². The molecule has 132 valence electrons. The van der Waals surface area contributed by atoms with Gasteiger partial charge in [-0.3, -0.25) is 0 Å². The highest BCUT2D eigenvalue weighted by atomic mass is 16.7. The highest BCUT2D eigenvalue weighted by Gasteiger charge is 2.18. The van der Waals surface area contributed by atoms with E-state index in [0.717, 1.165) is 28.7 Å². The maximum Gasteiger partial charge on any atom is 0.514 e. The zero-order valence-corrected chi connectivity index (χ0v) is 15.0. The summed E-state index contributed by atoms with van der Waals surface area (Å²) in [5.41, 5.74) is 3.68. The van der Waals surface area contributed by atoms with E-state index >= 15 is 0 Å².